The average molecular weight is 543 g/mol. The third kappa shape index (κ3) is 9.04. The van der Waals surface area contributed by atoms with Gasteiger partial charge in [0.2, 0.25) is 5.91 Å². The number of hydrogen-bond donors (Lipinski definition) is 3. The van der Waals surface area contributed by atoms with Crippen molar-refractivity contribution >= 4 is 41.8 Å². The van der Waals surface area contributed by atoms with E-state index in [0.29, 0.717) is 24.4 Å². The van der Waals surface area contributed by atoms with Crippen molar-refractivity contribution in [3.63, 3.8) is 0 Å². The minimum Gasteiger partial charge on any atom is -0.359 e. The van der Waals surface area contributed by atoms with Crippen LogP contribution >= 0.6 is 24.0 Å². The van der Waals surface area contributed by atoms with E-state index in [-0.39, 0.29) is 41.8 Å². The van der Waals surface area contributed by atoms with Gasteiger partial charge in [-0.1, -0.05) is 19.1 Å². The molecule has 1 heterocycles. The molecule has 1 aliphatic rings. The van der Waals surface area contributed by atoms with Crippen LogP contribution < -0.4 is 16.0 Å². The molecule has 0 radical (unpaired) electrons. The van der Waals surface area contributed by atoms with E-state index in [1.54, 1.807) is 7.05 Å². The van der Waals surface area contributed by atoms with Crippen molar-refractivity contribution in [1.82, 2.24) is 20.9 Å². The molecule has 1 fully saturated rings. The zero-order valence-electron chi connectivity index (χ0n) is 19.2. The molecule has 2 amide bonds. The normalized spacial score (nSPS) is 15.6. The molecule has 0 aliphatic carbocycles. The number of nitrogens with zero attached hydrogens (tertiary/aromatic N) is 2. The molecule has 1 atom stereocenters. The monoisotopic (exact) mass is 543 g/mol. The SMILES string of the molecule is CCNC(=NCc1cccc(C(=O)NC(C)CC)c1)N1CCC(CC(=O)NC)CC1.I. The summed E-state index contributed by atoms with van der Waals surface area (Å²) in [5.74, 6) is 1.40. The summed E-state index contributed by atoms with van der Waals surface area (Å²) in [6.45, 7) is 9.23. The quantitative estimate of drug-likeness (QED) is 0.267. The van der Waals surface area contributed by atoms with Gasteiger partial charge in [0.1, 0.15) is 0 Å². The maximum absolute atomic E-state index is 12.4. The van der Waals surface area contributed by atoms with Crippen molar-refractivity contribution < 1.29 is 9.59 Å². The number of guanidine groups is 1. The molecule has 0 saturated carbocycles. The largest absolute Gasteiger partial charge is 0.359 e. The zero-order valence-corrected chi connectivity index (χ0v) is 21.6. The van der Waals surface area contributed by atoms with E-state index >= 15 is 0 Å². The molecular weight excluding hydrogens is 505 g/mol. The number of halogens is 1. The predicted octanol–water partition coefficient (Wildman–Crippen LogP) is 3.15. The number of nitrogens with one attached hydrogen (secondary N) is 3. The number of benzene rings is 1. The second-order valence-corrected chi connectivity index (χ2v) is 7.96. The fourth-order valence-electron chi connectivity index (χ4n) is 3.53. The first-order valence-electron chi connectivity index (χ1n) is 11.1. The molecule has 1 aromatic carbocycles. The molecule has 31 heavy (non-hydrogen) atoms. The van der Waals surface area contributed by atoms with Crippen LogP contribution in [0.3, 0.4) is 0 Å². The Morgan fingerprint density at radius 2 is 1.94 bits per heavy atom. The Balaban J connectivity index is 0.00000480. The number of piperidine rings is 1. The van der Waals surface area contributed by atoms with E-state index in [1.165, 1.54) is 0 Å². The topological polar surface area (TPSA) is 85.8 Å². The van der Waals surface area contributed by atoms with Gasteiger partial charge in [0.05, 0.1) is 6.54 Å². The molecule has 2 rings (SSSR count). The van der Waals surface area contributed by atoms with Crippen LogP contribution in [-0.4, -0.2) is 55.4 Å². The zero-order chi connectivity index (χ0) is 21.9. The summed E-state index contributed by atoms with van der Waals surface area (Å²) in [5.41, 5.74) is 1.68. The fourth-order valence-corrected chi connectivity index (χ4v) is 3.53. The number of rotatable bonds is 8. The van der Waals surface area contributed by atoms with Gasteiger partial charge in [-0.3, -0.25) is 9.59 Å². The number of hydrogen-bond acceptors (Lipinski definition) is 3. The third-order valence-electron chi connectivity index (χ3n) is 5.59. The lowest BCUT2D eigenvalue weighted by Gasteiger charge is -2.34. The molecule has 8 heteroatoms. The van der Waals surface area contributed by atoms with Gasteiger partial charge in [0.15, 0.2) is 5.96 Å². The van der Waals surface area contributed by atoms with Gasteiger partial charge in [-0.15, -0.1) is 24.0 Å². The number of carbonyl (C=O) groups is 2. The van der Waals surface area contributed by atoms with Crippen LogP contribution in [0.2, 0.25) is 0 Å². The highest BCUT2D eigenvalue weighted by Crippen LogP contribution is 2.20. The van der Waals surface area contributed by atoms with Gasteiger partial charge in [-0.05, 0) is 56.7 Å². The molecule has 1 saturated heterocycles. The average Bonchev–Trinajstić information content (AvgIpc) is 2.77. The molecule has 3 N–H and O–H groups in total. The molecule has 0 bridgehead atoms. The first-order chi connectivity index (χ1) is 14.5. The van der Waals surface area contributed by atoms with Crippen molar-refractivity contribution in [3.8, 4) is 0 Å². The standard InChI is InChI=1S/C23H37N5O2.HI/c1-5-17(3)27-22(30)20-9-7-8-19(14-20)16-26-23(25-6-2)28-12-10-18(11-13-28)15-21(29)24-4;/h7-9,14,17-18H,5-6,10-13,15-16H2,1-4H3,(H,24,29)(H,25,26)(H,27,30);1H. The number of aliphatic imine (C=N–C) groups is 1. The van der Waals surface area contributed by atoms with Crippen LogP contribution in [0, 0.1) is 5.92 Å². The summed E-state index contributed by atoms with van der Waals surface area (Å²) in [5, 5.41) is 9.10. The van der Waals surface area contributed by atoms with Crippen LogP contribution in [0.15, 0.2) is 29.3 Å². The maximum Gasteiger partial charge on any atom is 0.251 e. The lowest BCUT2D eigenvalue weighted by Crippen LogP contribution is -2.46. The van der Waals surface area contributed by atoms with Crippen molar-refractivity contribution in [3.05, 3.63) is 35.4 Å². The van der Waals surface area contributed by atoms with Crippen molar-refractivity contribution in [2.45, 2.75) is 59.0 Å². The van der Waals surface area contributed by atoms with Gasteiger partial charge in [0.25, 0.3) is 5.91 Å². The molecule has 7 nitrogen and oxygen atoms in total. The Labute approximate surface area is 203 Å². The van der Waals surface area contributed by atoms with Crippen LogP contribution in [-0.2, 0) is 11.3 Å². The van der Waals surface area contributed by atoms with Gasteiger partial charge in [0, 0.05) is 44.7 Å². The Kier molecular flexibility index (Phi) is 12.5. The predicted molar refractivity (Wildman–Crippen MR) is 137 cm³/mol. The molecule has 1 aromatic rings. The van der Waals surface area contributed by atoms with E-state index < -0.39 is 0 Å². The summed E-state index contributed by atoms with van der Waals surface area (Å²) in [6.07, 6.45) is 3.48. The van der Waals surface area contributed by atoms with Crippen molar-refractivity contribution in [2.24, 2.45) is 10.9 Å². The number of carbonyl (C=O) groups excluding carboxylic acids is 2. The Bertz CT molecular complexity index is 732. The minimum absolute atomic E-state index is 0. The highest BCUT2D eigenvalue weighted by Gasteiger charge is 2.23. The molecule has 1 aliphatic heterocycles. The summed E-state index contributed by atoms with van der Waals surface area (Å²) in [7, 11) is 1.69. The molecule has 174 valence electrons. The second-order valence-electron chi connectivity index (χ2n) is 7.96. The molecule has 0 aromatic heterocycles. The Morgan fingerprint density at radius 1 is 1.23 bits per heavy atom. The molecule has 1 unspecified atom stereocenters. The number of likely N-dealkylation sites (tertiary alicyclic amines) is 1. The number of amides is 2. The van der Waals surface area contributed by atoms with Crippen molar-refractivity contribution in [1.29, 1.82) is 0 Å². The van der Waals surface area contributed by atoms with E-state index in [1.807, 2.05) is 31.2 Å². The summed E-state index contributed by atoms with van der Waals surface area (Å²) in [6, 6.07) is 7.83. The second kappa shape index (κ2) is 14.3. The van der Waals surface area contributed by atoms with E-state index in [9.17, 15) is 9.59 Å². The summed E-state index contributed by atoms with van der Waals surface area (Å²) < 4.78 is 0. The first kappa shape index (κ1) is 27.2. The van der Waals surface area contributed by atoms with E-state index in [4.69, 9.17) is 4.99 Å². The van der Waals surface area contributed by atoms with Gasteiger partial charge >= 0.3 is 0 Å². The summed E-state index contributed by atoms with van der Waals surface area (Å²) >= 11 is 0. The van der Waals surface area contributed by atoms with Crippen molar-refractivity contribution in [2.75, 3.05) is 26.7 Å². The van der Waals surface area contributed by atoms with Crippen LogP contribution in [0.4, 0.5) is 0 Å². The highest BCUT2D eigenvalue weighted by atomic mass is 127. The minimum atomic E-state index is -0.0414. The maximum atomic E-state index is 12.4. The van der Waals surface area contributed by atoms with Gasteiger partial charge < -0.3 is 20.9 Å². The fraction of sp³-hybridized carbons (Fsp3) is 0.609. The third-order valence-corrected chi connectivity index (χ3v) is 5.59. The van der Waals surface area contributed by atoms with E-state index in [0.717, 1.165) is 50.4 Å². The Hall–Kier alpha value is -1.84. The van der Waals surface area contributed by atoms with Gasteiger partial charge in [-0.2, -0.15) is 0 Å². The molecule has 0 spiro atoms. The molecular formula is C23H38IN5O2. The van der Waals surface area contributed by atoms with Crippen LogP contribution in [0.5, 0.6) is 0 Å². The lowest BCUT2D eigenvalue weighted by molar-refractivity contribution is -0.121. The van der Waals surface area contributed by atoms with Gasteiger partial charge in [-0.25, -0.2) is 4.99 Å². The lowest BCUT2D eigenvalue weighted by atomic mass is 9.93. The summed E-state index contributed by atoms with van der Waals surface area (Å²) in [4.78, 5) is 31.1. The van der Waals surface area contributed by atoms with Crippen LogP contribution in [0.1, 0.15) is 62.4 Å². The van der Waals surface area contributed by atoms with Crippen LogP contribution in [0.25, 0.3) is 0 Å². The smallest absolute Gasteiger partial charge is 0.251 e. The van der Waals surface area contributed by atoms with E-state index in [2.05, 4.69) is 34.7 Å². The Morgan fingerprint density at radius 3 is 2.55 bits per heavy atom. The highest BCUT2D eigenvalue weighted by molar-refractivity contribution is 14.0. The first-order valence-corrected chi connectivity index (χ1v) is 11.1.